The van der Waals surface area contributed by atoms with E-state index in [9.17, 15) is 19.5 Å². The van der Waals surface area contributed by atoms with Crippen LogP contribution in [-0.2, 0) is 14.4 Å². The fraction of sp³-hybridized carbons (Fsp3) is 0.261. The highest BCUT2D eigenvalue weighted by Crippen LogP contribution is 2.35. The van der Waals surface area contributed by atoms with Crippen LogP contribution in [0.2, 0.25) is 0 Å². The summed E-state index contributed by atoms with van der Waals surface area (Å²) in [4.78, 5) is 41.4. The molecule has 1 atom stereocenters. The van der Waals surface area contributed by atoms with E-state index in [1.54, 1.807) is 42.5 Å². The van der Waals surface area contributed by atoms with E-state index < -0.39 is 23.9 Å². The third kappa shape index (κ3) is 5.27. The zero-order chi connectivity index (χ0) is 24.0. The van der Waals surface area contributed by atoms with Crippen LogP contribution in [-0.4, -0.2) is 47.8 Å². The number of nitrogens with zero attached hydrogens (tertiary/aromatic N) is 2. The number of hydrogen-bond donors (Lipinski definition) is 2. The van der Waals surface area contributed by atoms with Crippen LogP contribution in [0.25, 0.3) is 0 Å². The van der Waals surface area contributed by atoms with Gasteiger partial charge < -0.3 is 24.7 Å². The average Bonchev–Trinajstić information content (AvgIpc) is 3.22. The van der Waals surface area contributed by atoms with E-state index in [-0.39, 0.29) is 18.8 Å². The zero-order valence-electron chi connectivity index (χ0n) is 18.0. The van der Waals surface area contributed by atoms with Crippen molar-refractivity contribution in [1.82, 2.24) is 0 Å². The summed E-state index contributed by atoms with van der Waals surface area (Å²) in [5.41, 5.74) is -0.00557. The minimum atomic E-state index is -1.76. The quantitative estimate of drug-likeness (QED) is 0.553. The number of ketones is 1. The molecule has 1 amide bonds. The first kappa shape index (κ1) is 23.3. The Morgan fingerprint density at radius 3 is 2.55 bits per heavy atom. The van der Waals surface area contributed by atoms with Gasteiger partial charge in [-0.1, -0.05) is 5.16 Å². The Morgan fingerprint density at radius 2 is 1.94 bits per heavy atom. The number of oxime groups is 1. The summed E-state index contributed by atoms with van der Waals surface area (Å²) in [6, 6.07) is 12.9. The average molecular weight is 451 g/mol. The van der Waals surface area contributed by atoms with Gasteiger partial charge in [0.25, 0.3) is 5.91 Å². The van der Waals surface area contributed by atoms with Crippen molar-refractivity contribution in [3.05, 3.63) is 53.6 Å². The SMILES string of the molecule is COc1cc(C2=NOC(CC(=O)O)(C(=O)Nc3ccc(C(C)=O)cc3)C2)ccc1OCC#N. The fourth-order valence-electron chi connectivity index (χ4n) is 3.28. The molecule has 170 valence electrons. The van der Waals surface area contributed by atoms with E-state index in [1.807, 2.05) is 6.07 Å². The molecule has 0 aromatic heterocycles. The van der Waals surface area contributed by atoms with Gasteiger partial charge in [0.05, 0.1) is 19.2 Å². The first-order chi connectivity index (χ1) is 15.8. The van der Waals surface area contributed by atoms with E-state index in [0.717, 1.165) is 0 Å². The summed E-state index contributed by atoms with van der Waals surface area (Å²) in [7, 11) is 1.44. The maximum atomic E-state index is 13.0. The summed E-state index contributed by atoms with van der Waals surface area (Å²) >= 11 is 0. The highest BCUT2D eigenvalue weighted by atomic mass is 16.7. The van der Waals surface area contributed by atoms with Crippen molar-refractivity contribution in [3.63, 3.8) is 0 Å². The Hall–Kier alpha value is -4.39. The van der Waals surface area contributed by atoms with Crippen LogP contribution in [0, 0.1) is 11.3 Å². The van der Waals surface area contributed by atoms with Crippen molar-refractivity contribution in [2.24, 2.45) is 5.16 Å². The number of rotatable bonds is 9. The number of benzene rings is 2. The lowest BCUT2D eigenvalue weighted by Crippen LogP contribution is -2.45. The van der Waals surface area contributed by atoms with Crippen LogP contribution in [0.5, 0.6) is 11.5 Å². The van der Waals surface area contributed by atoms with Gasteiger partial charge >= 0.3 is 5.97 Å². The zero-order valence-corrected chi connectivity index (χ0v) is 18.0. The molecule has 0 fully saturated rings. The molecule has 1 aliphatic rings. The van der Waals surface area contributed by atoms with Gasteiger partial charge in [-0.3, -0.25) is 14.4 Å². The molecule has 0 aliphatic carbocycles. The Balaban J connectivity index is 1.81. The summed E-state index contributed by atoms with van der Waals surface area (Å²) in [6.45, 7) is 1.27. The second-order valence-corrected chi connectivity index (χ2v) is 7.27. The highest BCUT2D eigenvalue weighted by molar-refractivity contribution is 6.09. The molecule has 10 heteroatoms. The van der Waals surface area contributed by atoms with Crippen LogP contribution in [0.4, 0.5) is 5.69 Å². The van der Waals surface area contributed by atoms with Crippen molar-refractivity contribution in [2.75, 3.05) is 19.0 Å². The summed E-state index contributed by atoms with van der Waals surface area (Å²) in [5, 5.41) is 24.7. The predicted octanol–water partition coefficient (Wildman–Crippen LogP) is 2.78. The topological polar surface area (TPSA) is 147 Å². The molecule has 2 aromatic carbocycles. The number of amides is 1. The number of Topliss-reactive ketones (excluding diaryl/α,β-unsaturated/α-hetero) is 1. The van der Waals surface area contributed by atoms with E-state index in [1.165, 1.54) is 14.0 Å². The molecule has 1 unspecified atom stereocenters. The molecular weight excluding hydrogens is 430 g/mol. The Bertz CT molecular complexity index is 1150. The molecule has 0 bridgehead atoms. The predicted molar refractivity (Wildman–Crippen MR) is 116 cm³/mol. The summed E-state index contributed by atoms with van der Waals surface area (Å²) < 4.78 is 10.6. The van der Waals surface area contributed by atoms with Crippen LogP contribution >= 0.6 is 0 Å². The molecule has 3 rings (SSSR count). The monoisotopic (exact) mass is 451 g/mol. The third-order valence-corrected chi connectivity index (χ3v) is 4.97. The molecule has 0 saturated heterocycles. The van der Waals surface area contributed by atoms with Crippen LogP contribution in [0.3, 0.4) is 0 Å². The van der Waals surface area contributed by atoms with E-state index in [2.05, 4.69) is 10.5 Å². The molecule has 0 radical (unpaired) electrons. The Kier molecular flexibility index (Phi) is 6.93. The lowest BCUT2D eigenvalue weighted by Gasteiger charge is -2.23. The minimum Gasteiger partial charge on any atom is -0.493 e. The van der Waals surface area contributed by atoms with Gasteiger partial charge in [0.2, 0.25) is 5.60 Å². The molecule has 2 N–H and O–H groups in total. The largest absolute Gasteiger partial charge is 0.493 e. The van der Waals surface area contributed by atoms with Gasteiger partial charge in [0.1, 0.15) is 6.07 Å². The maximum absolute atomic E-state index is 13.0. The number of carboxylic acids is 1. The van der Waals surface area contributed by atoms with Crippen molar-refractivity contribution in [2.45, 2.75) is 25.4 Å². The second-order valence-electron chi connectivity index (χ2n) is 7.27. The van der Waals surface area contributed by atoms with Gasteiger partial charge in [0, 0.05) is 23.2 Å². The number of aliphatic carboxylic acids is 1. The van der Waals surface area contributed by atoms with Crippen molar-refractivity contribution in [1.29, 1.82) is 5.26 Å². The van der Waals surface area contributed by atoms with E-state index in [4.69, 9.17) is 19.6 Å². The van der Waals surface area contributed by atoms with E-state index in [0.29, 0.717) is 34.0 Å². The molecular formula is C23H21N3O7. The normalized spacial score (nSPS) is 16.7. The number of hydrogen-bond acceptors (Lipinski definition) is 8. The smallest absolute Gasteiger partial charge is 0.308 e. The van der Waals surface area contributed by atoms with Gasteiger partial charge in [0.15, 0.2) is 23.9 Å². The number of ether oxygens (including phenoxy) is 2. The number of carbonyl (C=O) groups excluding carboxylic acids is 2. The highest BCUT2D eigenvalue weighted by Gasteiger charge is 2.49. The van der Waals surface area contributed by atoms with Crippen LogP contribution in [0.1, 0.15) is 35.7 Å². The summed E-state index contributed by atoms with van der Waals surface area (Å²) in [6.07, 6.45) is -0.712. The van der Waals surface area contributed by atoms with Crippen molar-refractivity contribution >= 4 is 29.1 Å². The first-order valence-electron chi connectivity index (χ1n) is 9.85. The Labute approximate surface area is 189 Å². The molecule has 0 spiro atoms. The minimum absolute atomic E-state index is 0.0990. The third-order valence-electron chi connectivity index (χ3n) is 4.97. The molecule has 0 saturated carbocycles. The number of carbonyl (C=O) groups is 3. The summed E-state index contributed by atoms with van der Waals surface area (Å²) in [5.74, 6) is -1.33. The molecule has 2 aromatic rings. The first-order valence-corrected chi connectivity index (χ1v) is 9.85. The number of nitriles is 1. The van der Waals surface area contributed by atoms with Crippen molar-refractivity contribution < 1.29 is 33.8 Å². The van der Waals surface area contributed by atoms with Gasteiger partial charge in [-0.15, -0.1) is 0 Å². The molecule has 10 nitrogen and oxygen atoms in total. The van der Waals surface area contributed by atoms with E-state index >= 15 is 0 Å². The lowest BCUT2D eigenvalue weighted by atomic mass is 9.90. The van der Waals surface area contributed by atoms with Crippen LogP contribution in [0.15, 0.2) is 47.6 Å². The van der Waals surface area contributed by atoms with Gasteiger partial charge in [-0.2, -0.15) is 5.26 Å². The number of anilines is 1. The number of carboxylic acid groups (broad SMARTS) is 1. The molecule has 1 aliphatic heterocycles. The lowest BCUT2D eigenvalue weighted by molar-refractivity contribution is -0.152. The number of methoxy groups -OCH3 is 1. The van der Waals surface area contributed by atoms with Gasteiger partial charge in [-0.25, -0.2) is 0 Å². The standard InChI is InChI=1S/C23H21N3O7/c1-14(27)15-3-6-17(7-4-15)25-22(30)23(13-21(28)29)12-18(26-33-23)16-5-8-19(32-10-9-24)20(11-16)31-2/h3-8,11H,10,12-13H2,1-2H3,(H,25,30)(H,28,29). The fourth-order valence-corrected chi connectivity index (χ4v) is 3.28. The maximum Gasteiger partial charge on any atom is 0.308 e. The van der Waals surface area contributed by atoms with Gasteiger partial charge in [-0.05, 0) is 49.4 Å². The Morgan fingerprint density at radius 1 is 1.21 bits per heavy atom. The second kappa shape index (κ2) is 9.82. The van der Waals surface area contributed by atoms with Crippen LogP contribution < -0.4 is 14.8 Å². The molecule has 1 heterocycles. The van der Waals surface area contributed by atoms with Crippen molar-refractivity contribution in [3.8, 4) is 17.6 Å². The molecule has 33 heavy (non-hydrogen) atoms. The number of nitrogens with one attached hydrogen (secondary N) is 1.